The molecule has 0 aromatic rings. The summed E-state index contributed by atoms with van der Waals surface area (Å²) >= 11 is 0. The summed E-state index contributed by atoms with van der Waals surface area (Å²) in [6, 6.07) is 0.781. The van der Waals surface area contributed by atoms with E-state index in [1.807, 2.05) is 0 Å². The molecule has 20 heavy (non-hydrogen) atoms. The fourth-order valence-corrected chi connectivity index (χ4v) is 3.96. The second kappa shape index (κ2) is 5.89. The Morgan fingerprint density at radius 2 is 2.00 bits per heavy atom. The van der Waals surface area contributed by atoms with Gasteiger partial charge in [-0.05, 0) is 19.9 Å². The zero-order chi connectivity index (χ0) is 14.2. The third-order valence-electron chi connectivity index (χ3n) is 5.35. The molecule has 3 unspecified atom stereocenters. The average molecular weight is 284 g/mol. The van der Waals surface area contributed by atoms with Gasteiger partial charge in [-0.2, -0.15) is 0 Å². The van der Waals surface area contributed by atoms with Crippen LogP contribution < -0.4 is 0 Å². The van der Waals surface area contributed by atoms with E-state index in [9.17, 15) is 5.11 Å². The number of likely N-dealkylation sites (N-methyl/N-ethyl adjacent to an activating group) is 1. The van der Waals surface area contributed by atoms with Crippen LogP contribution in [0.1, 0.15) is 32.6 Å². The van der Waals surface area contributed by atoms with Crippen molar-refractivity contribution in [3.63, 3.8) is 0 Å². The van der Waals surface area contributed by atoms with Gasteiger partial charge in [-0.15, -0.1) is 0 Å². The van der Waals surface area contributed by atoms with E-state index in [1.54, 1.807) is 0 Å². The summed E-state index contributed by atoms with van der Waals surface area (Å²) in [7, 11) is 2.20. The van der Waals surface area contributed by atoms with Crippen molar-refractivity contribution in [2.75, 3.05) is 39.9 Å². The fourth-order valence-electron chi connectivity index (χ4n) is 3.96. The Labute approximate surface area is 121 Å². The van der Waals surface area contributed by atoms with E-state index < -0.39 is 5.79 Å². The minimum absolute atomic E-state index is 0.185. The number of aliphatic hydroxyl groups excluding tert-OH is 1. The van der Waals surface area contributed by atoms with Gasteiger partial charge in [0.2, 0.25) is 0 Å². The van der Waals surface area contributed by atoms with Crippen molar-refractivity contribution < 1.29 is 14.6 Å². The van der Waals surface area contributed by atoms with Crippen molar-refractivity contribution >= 4 is 0 Å². The SMILES string of the molecule is CCC1CN(C2CC3(CCC2O)OCCO3)CCN1C. The predicted molar refractivity (Wildman–Crippen MR) is 76.6 cm³/mol. The third-order valence-corrected chi connectivity index (χ3v) is 5.35. The first kappa shape index (κ1) is 14.7. The molecule has 116 valence electrons. The highest BCUT2D eigenvalue weighted by Gasteiger charge is 2.47. The zero-order valence-corrected chi connectivity index (χ0v) is 12.8. The molecule has 5 heteroatoms. The Bertz CT molecular complexity index is 333. The van der Waals surface area contributed by atoms with Gasteiger partial charge in [0.1, 0.15) is 0 Å². The lowest BCUT2D eigenvalue weighted by Gasteiger charge is -2.48. The highest BCUT2D eigenvalue weighted by Crippen LogP contribution is 2.38. The zero-order valence-electron chi connectivity index (χ0n) is 12.8. The molecule has 3 rings (SSSR count). The van der Waals surface area contributed by atoms with Gasteiger partial charge in [-0.3, -0.25) is 4.90 Å². The summed E-state index contributed by atoms with van der Waals surface area (Å²) in [5.41, 5.74) is 0. The molecular formula is C15H28N2O3. The van der Waals surface area contributed by atoms with Crippen LogP contribution in [0.15, 0.2) is 0 Å². The quantitative estimate of drug-likeness (QED) is 0.807. The lowest BCUT2D eigenvalue weighted by atomic mass is 9.85. The van der Waals surface area contributed by atoms with Crippen molar-refractivity contribution in [3.8, 4) is 0 Å². The standard InChI is InChI=1S/C15H28N2O3/c1-3-12-11-17(7-6-16(12)2)13-10-15(5-4-14(13)18)19-8-9-20-15/h12-14,18H,3-11H2,1-2H3. The molecule has 5 nitrogen and oxygen atoms in total. The molecule has 0 aromatic heterocycles. The highest BCUT2D eigenvalue weighted by molar-refractivity contribution is 4.95. The highest BCUT2D eigenvalue weighted by atomic mass is 16.7. The van der Waals surface area contributed by atoms with Crippen LogP contribution >= 0.6 is 0 Å². The van der Waals surface area contributed by atoms with Crippen LogP contribution in [0.4, 0.5) is 0 Å². The van der Waals surface area contributed by atoms with E-state index in [1.165, 1.54) is 0 Å². The molecular weight excluding hydrogens is 256 g/mol. The number of piperazine rings is 1. The van der Waals surface area contributed by atoms with Gasteiger partial charge in [0.25, 0.3) is 0 Å². The van der Waals surface area contributed by atoms with Gasteiger partial charge < -0.3 is 19.5 Å². The number of ether oxygens (including phenoxy) is 2. The number of aliphatic hydroxyl groups is 1. The largest absolute Gasteiger partial charge is 0.391 e. The minimum atomic E-state index is -0.408. The normalized spacial score (nSPS) is 39.5. The van der Waals surface area contributed by atoms with E-state index in [0.717, 1.165) is 45.3 Å². The molecule has 0 amide bonds. The smallest absolute Gasteiger partial charge is 0.170 e. The van der Waals surface area contributed by atoms with Crippen molar-refractivity contribution in [2.24, 2.45) is 0 Å². The molecule has 3 aliphatic rings. The summed E-state index contributed by atoms with van der Waals surface area (Å²) in [5.74, 6) is -0.408. The summed E-state index contributed by atoms with van der Waals surface area (Å²) in [5, 5.41) is 10.4. The average Bonchev–Trinajstić information content (AvgIpc) is 2.91. The van der Waals surface area contributed by atoms with Gasteiger partial charge in [-0.25, -0.2) is 0 Å². The Hall–Kier alpha value is -0.200. The summed E-state index contributed by atoms with van der Waals surface area (Å²) in [4.78, 5) is 4.90. The lowest BCUT2D eigenvalue weighted by molar-refractivity contribution is -0.207. The lowest BCUT2D eigenvalue weighted by Crippen LogP contribution is -2.60. The van der Waals surface area contributed by atoms with Crippen molar-refractivity contribution in [1.29, 1.82) is 0 Å². The first-order valence-corrected chi connectivity index (χ1v) is 8.04. The summed E-state index contributed by atoms with van der Waals surface area (Å²) in [6.45, 7) is 6.80. The second-order valence-corrected chi connectivity index (χ2v) is 6.52. The summed E-state index contributed by atoms with van der Waals surface area (Å²) in [6.07, 6.45) is 3.35. The van der Waals surface area contributed by atoms with Gasteiger partial charge in [0.05, 0.1) is 19.3 Å². The van der Waals surface area contributed by atoms with Gasteiger partial charge >= 0.3 is 0 Å². The Morgan fingerprint density at radius 3 is 2.70 bits per heavy atom. The van der Waals surface area contributed by atoms with Crippen LogP contribution in [0.3, 0.4) is 0 Å². The molecule has 0 aromatic carbocycles. The molecule has 2 aliphatic heterocycles. The van der Waals surface area contributed by atoms with E-state index in [0.29, 0.717) is 19.3 Å². The molecule has 1 N–H and O–H groups in total. The number of rotatable bonds is 2. The molecule has 3 atom stereocenters. The topological polar surface area (TPSA) is 45.2 Å². The maximum atomic E-state index is 10.4. The molecule has 3 fully saturated rings. The third kappa shape index (κ3) is 2.74. The second-order valence-electron chi connectivity index (χ2n) is 6.52. The van der Waals surface area contributed by atoms with Crippen LogP contribution in [0, 0.1) is 0 Å². The van der Waals surface area contributed by atoms with E-state index in [4.69, 9.17) is 9.47 Å². The van der Waals surface area contributed by atoms with Crippen LogP contribution in [0.25, 0.3) is 0 Å². The molecule has 1 saturated carbocycles. The Kier molecular flexibility index (Phi) is 4.34. The van der Waals surface area contributed by atoms with Gasteiger partial charge in [0.15, 0.2) is 5.79 Å². The molecule has 2 saturated heterocycles. The van der Waals surface area contributed by atoms with E-state index in [-0.39, 0.29) is 12.1 Å². The maximum absolute atomic E-state index is 10.4. The number of nitrogens with zero attached hydrogens (tertiary/aromatic N) is 2. The van der Waals surface area contributed by atoms with Crippen LogP contribution in [-0.4, -0.2) is 78.8 Å². The Balaban J connectivity index is 1.68. The molecule has 0 radical (unpaired) electrons. The monoisotopic (exact) mass is 284 g/mol. The van der Waals surface area contributed by atoms with Crippen molar-refractivity contribution in [1.82, 2.24) is 9.80 Å². The first-order valence-electron chi connectivity index (χ1n) is 8.04. The Morgan fingerprint density at radius 1 is 1.25 bits per heavy atom. The fraction of sp³-hybridized carbons (Fsp3) is 1.00. The minimum Gasteiger partial charge on any atom is -0.391 e. The molecule has 0 bridgehead atoms. The molecule has 1 aliphatic carbocycles. The maximum Gasteiger partial charge on any atom is 0.170 e. The van der Waals surface area contributed by atoms with Gasteiger partial charge in [-0.1, -0.05) is 6.92 Å². The first-order chi connectivity index (χ1) is 9.63. The van der Waals surface area contributed by atoms with Crippen molar-refractivity contribution in [3.05, 3.63) is 0 Å². The molecule has 1 spiro atoms. The van der Waals surface area contributed by atoms with Crippen molar-refractivity contribution in [2.45, 2.75) is 56.6 Å². The van der Waals surface area contributed by atoms with Crippen LogP contribution in [0.5, 0.6) is 0 Å². The number of hydrogen-bond donors (Lipinski definition) is 1. The van der Waals surface area contributed by atoms with E-state index >= 15 is 0 Å². The predicted octanol–water partition coefficient (Wildman–Crippen LogP) is 0.669. The van der Waals surface area contributed by atoms with Crippen LogP contribution in [-0.2, 0) is 9.47 Å². The van der Waals surface area contributed by atoms with Gasteiger partial charge in [0, 0.05) is 44.6 Å². The molecule has 2 heterocycles. The summed E-state index contributed by atoms with van der Waals surface area (Å²) < 4.78 is 11.7. The van der Waals surface area contributed by atoms with E-state index in [2.05, 4.69) is 23.8 Å². The number of hydrogen-bond acceptors (Lipinski definition) is 5. The van der Waals surface area contributed by atoms with Crippen LogP contribution in [0.2, 0.25) is 0 Å².